The predicted octanol–water partition coefficient (Wildman–Crippen LogP) is 2.44. The van der Waals surface area contributed by atoms with Gasteiger partial charge in [0, 0.05) is 12.1 Å². The number of hydrogen-bond donors (Lipinski definition) is 2. The molecule has 1 atom stereocenters. The molecule has 1 aromatic rings. The highest BCUT2D eigenvalue weighted by Crippen LogP contribution is 2.32. The van der Waals surface area contributed by atoms with E-state index >= 15 is 0 Å². The van der Waals surface area contributed by atoms with Crippen molar-refractivity contribution in [1.82, 2.24) is 5.32 Å². The molecule has 20 heavy (non-hydrogen) atoms. The molecule has 0 radical (unpaired) electrons. The van der Waals surface area contributed by atoms with Gasteiger partial charge in [0.1, 0.15) is 0 Å². The normalized spacial score (nSPS) is 11.9. The van der Waals surface area contributed by atoms with Crippen LogP contribution in [0.4, 0.5) is 0 Å². The number of hydrogen-bond acceptors (Lipinski definition) is 4. The first-order valence-electron chi connectivity index (χ1n) is 6.98. The number of carboxylic acids is 1. The largest absolute Gasteiger partial charge is 0.490 e. The van der Waals surface area contributed by atoms with Crippen LogP contribution in [-0.4, -0.2) is 30.3 Å². The van der Waals surface area contributed by atoms with Crippen LogP contribution >= 0.6 is 0 Å². The van der Waals surface area contributed by atoms with Gasteiger partial charge in [-0.25, -0.2) is 4.79 Å². The van der Waals surface area contributed by atoms with Crippen LogP contribution in [0.25, 0.3) is 0 Å². The third-order valence-corrected chi connectivity index (χ3v) is 2.83. The van der Waals surface area contributed by atoms with Crippen molar-refractivity contribution < 1.29 is 19.4 Å². The van der Waals surface area contributed by atoms with Crippen LogP contribution < -0.4 is 14.8 Å². The number of ether oxygens (including phenoxy) is 2. The highest BCUT2D eigenvalue weighted by Gasteiger charge is 2.21. The molecule has 0 fully saturated rings. The second kappa shape index (κ2) is 8.43. The Labute approximate surface area is 119 Å². The molecule has 1 unspecified atom stereocenters. The van der Waals surface area contributed by atoms with Gasteiger partial charge in [-0.3, -0.25) is 0 Å². The van der Waals surface area contributed by atoms with Crippen molar-refractivity contribution in [3.8, 4) is 11.5 Å². The van der Waals surface area contributed by atoms with E-state index in [1.165, 1.54) is 0 Å². The number of para-hydroxylation sites is 1. The van der Waals surface area contributed by atoms with Gasteiger partial charge in [0.25, 0.3) is 0 Å². The average molecular weight is 281 g/mol. The second-order valence-corrected chi connectivity index (χ2v) is 4.31. The van der Waals surface area contributed by atoms with Crippen LogP contribution in [0, 0.1) is 0 Å². The van der Waals surface area contributed by atoms with Crippen molar-refractivity contribution >= 4 is 5.97 Å². The van der Waals surface area contributed by atoms with Gasteiger partial charge >= 0.3 is 5.97 Å². The molecule has 0 saturated carbocycles. The zero-order chi connectivity index (χ0) is 15.0. The van der Waals surface area contributed by atoms with Crippen LogP contribution in [0.1, 0.15) is 32.8 Å². The molecule has 0 aliphatic rings. The van der Waals surface area contributed by atoms with Gasteiger partial charge in [-0.05, 0) is 26.0 Å². The Morgan fingerprint density at radius 1 is 1.35 bits per heavy atom. The van der Waals surface area contributed by atoms with E-state index in [4.69, 9.17) is 14.6 Å². The van der Waals surface area contributed by atoms with E-state index in [1.54, 1.807) is 13.0 Å². The van der Waals surface area contributed by atoms with E-state index in [0.29, 0.717) is 31.1 Å². The van der Waals surface area contributed by atoms with Crippen LogP contribution in [0.2, 0.25) is 0 Å². The molecule has 1 aromatic carbocycles. The first-order valence-corrected chi connectivity index (χ1v) is 6.98. The Morgan fingerprint density at radius 2 is 2.10 bits per heavy atom. The third-order valence-electron chi connectivity index (χ3n) is 2.83. The van der Waals surface area contributed by atoms with Crippen LogP contribution in [0.5, 0.6) is 11.5 Å². The van der Waals surface area contributed by atoms with E-state index < -0.39 is 12.1 Å². The molecule has 2 N–H and O–H groups in total. The summed E-state index contributed by atoms with van der Waals surface area (Å²) in [5, 5.41) is 12.4. The summed E-state index contributed by atoms with van der Waals surface area (Å²) in [7, 11) is 0. The van der Waals surface area contributed by atoms with Gasteiger partial charge in [0.15, 0.2) is 17.6 Å². The Hall–Kier alpha value is -1.75. The topological polar surface area (TPSA) is 67.8 Å². The number of benzene rings is 1. The molecule has 0 amide bonds. The first kappa shape index (κ1) is 16.3. The van der Waals surface area contributed by atoms with E-state index in [-0.39, 0.29) is 0 Å². The number of aliphatic carboxylic acids is 1. The second-order valence-electron chi connectivity index (χ2n) is 4.31. The molecule has 1 rings (SSSR count). The quantitative estimate of drug-likeness (QED) is 0.727. The highest BCUT2D eigenvalue weighted by atomic mass is 16.5. The van der Waals surface area contributed by atoms with E-state index in [1.807, 2.05) is 26.0 Å². The summed E-state index contributed by atoms with van der Waals surface area (Å²) in [6.45, 7) is 7.63. The molecule has 0 heterocycles. The van der Waals surface area contributed by atoms with Crippen molar-refractivity contribution in [1.29, 1.82) is 0 Å². The smallest absolute Gasteiger partial charge is 0.344 e. The number of carboxylic acid groups (broad SMARTS) is 1. The van der Waals surface area contributed by atoms with Crippen molar-refractivity contribution in [3.05, 3.63) is 23.8 Å². The molecule has 0 aromatic heterocycles. The van der Waals surface area contributed by atoms with E-state index in [0.717, 1.165) is 12.1 Å². The third kappa shape index (κ3) is 4.42. The first-order chi connectivity index (χ1) is 9.63. The maximum absolute atomic E-state index is 11.1. The maximum atomic E-state index is 11.1. The zero-order valence-electron chi connectivity index (χ0n) is 12.3. The fourth-order valence-corrected chi connectivity index (χ4v) is 1.81. The Bertz CT molecular complexity index is 434. The molecule has 0 aliphatic carbocycles. The molecule has 0 spiro atoms. The number of nitrogens with one attached hydrogen (secondary N) is 1. The molecule has 5 heteroatoms. The van der Waals surface area contributed by atoms with Crippen molar-refractivity contribution in [2.45, 2.75) is 39.8 Å². The highest BCUT2D eigenvalue weighted by molar-refractivity contribution is 5.73. The Kier molecular flexibility index (Phi) is 6.87. The van der Waals surface area contributed by atoms with Crippen LogP contribution in [0.15, 0.2) is 18.2 Å². The van der Waals surface area contributed by atoms with Gasteiger partial charge in [0.2, 0.25) is 0 Å². The summed E-state index contributed by atoms with van der Waals surface area (Å²) in [6.07, 6.45) is -0.465. The monoisotopic (exact) mass is 281 g/mol. The van der Waals surface area contributed by atoms with Crippen molar-refractivity contribution in [2.75, 3.05) is 13.2 Å². The lowest BCUT2D eigenvalue weighted by Gasteiger charge is -2.19. The van der Waals surface area contributed by atoms with Crippen LogP contribution in [-0.2, 0) is 11.3 Å². The summed E-state index contributed by atoms with van der Waals surface area (Å²) < 4.78 is 11.2. The summed E-state index contributed by atoms with van der Waals surface area (Å²) in [6, 6.07) is 5.59. The molecule has 0 aliphatic heterocycles. The van der Waals surface area contributed by atoms with Gasteiger partial charge in [-0.1, -0.05) is 26.0 Å². The molecule has 112 valence electrons. The lowest BCUT2D eigenvalue weighted by atomic mass is 10.1. The Balaban J connectivity index is 3.05. The fourth-order valence-electron chi connectivity index (χ4n) is 1.81. The van der Waals surface area contributed by atoms with Gasteiger partial charge < -0.3 is 19.9 Å². The lowest BCUT2D eigenvalue weighted by molar-refractivity contribution is -0.145. The summed E-state index contributed by atoms with van der Waals surface area (Å²) >= 11 is 0. The molecular formula is C15H23NO4. The fraction of sp³-hybridized carbons (Fsp3) is 0.533. The summed E-state index contributed by atoms with van der Waals surface area (Å²) in [5.74, 6) is 0.139. The summed E-state index contributed by atoms with van der Waals surface area (Å²) in [5.41, 5.74) is 0.900. The molecule has 5 nitrogen and oxygen atoms in total. The van der Waals surface area contributed by atoms with Gasteiger partial charge in [0.05, 0.1) is 6.61 Å². The van der Waals surface area contributed by atoms with Crippen LogP contribution in [0.3, 0.4) is 0 Å². The molecular weight excluding hydrogens is 258 g/mol. The predicted molar refractivity (Wildman–Crippen MR) is 77.3 cm³/mol. The molecule has 0 bridgehead atoms. The minimum absolute atomic E-state index is 0.399. The molecule has 0 saturated heterocycles. The SMILES string of the molecule is CCNCc1cccc(OCC)c1OC(CC)C(=O)O. The maximum Gasteiger partial charge on any atom is 0.344 e. The number of carbonyl (C=O) groups is 1. The van der Waals surface area contributed by atoms with E-state index in [2.05, 4.69) is 5.32 Å². The number of rotatable bonds is 9. The van der Waals surface area contributed by atoms with Crippen molar-refractivity contribution in [3.63, 3.8) is 0 Å². The van der Waals surface area contributed by atoms with Gasteiger partial charge in [-0.15, -0.1) is 0 Å². The van der Waals surface area contributed by atoms with Gasteiger partial charge in [-0.2, -0.15) is 0 Å². The zero-order valence-corrected chi connectivity index (χ0v) is 12.3. The standard InChI is InChI=1S/C15H23NO4/c1-4-12(15(17)18)20-14-11(10-16-5-2)8-7-9-13(14)19-6-3/h7-9,12,16H,4-6,10H2,1-3H3,(H,17,18). The summed E-state index contributed by atoms with van der Waals surface area (Å²) in [4.78, 5) is 11.1. The minimum atomic E-state index is -0.965. The minimum Gasteiger partial charge on any atom is -0.490 e. The van der Waals surface area contributed by atoms with E-state index in [9.17, 15) is 4.79 Å². The Morgan fingerprint density at radius 3 is 2.65 bits per heavy atom. The van der Waals surface area contributed by atoms with Crippen molar-refractivity contribution in [2.24, 2.45) is 0 Å². The lowest BCUT2D eigenvalue weighted by Crippen LogP contribution is -2.27. The average Bonchev–Trinajstić information content (AvgIpc) is 2.43.